The molecule has 0 radical (unpaired) electrons. The molecule has 2 rings (SSSR count). The first-order valence-corrected chi connectivity index (χ1v) is 6.55. The molecule has 0 amide bonds. The first-order chi connectivity index (χ1) is 8.91. The fraction of sp³-hybridized carbons (Fsp3) is 0.500. The standard InChI is InChI=1S/C14H21N5/c1-6-15-11-9-12(19-8-7-16-10(19)2)18-13(17-11)14(3,4)5/h7-9H,6H2,1-5H3,(H,15,17,18). The molecule has 0 unspecified atom stereocenters. The number of hydrogen-bond acceptors (Lipinski definition) is 4. The SMILES string of the molecule is CCNc1cc(-n2ccnc2C)nc(C(C)(C)C)n1. The maximum atomic E-state index is 4.66. The second-order valence-electron chi connectivity index (χ2n) is 5.56. The van der Waals surface area contributed by atoms with Crippen LogP contribution in [-0.2, 0) is 5.41 Å². The van der Waals surface area contributed by atoms with Crippen molar-refractivity contribution in [1.82, 2.24) is 19.5 Å². The van der Waals surface area contributed by atoms with E-state index < -0.39 is 0 Å². The summed E-state index contributed by atoms with van der Waals surface area (Å²) >= 11 is 0. The van der Waals surface area contributed by atoms with Gasteiger partial charge in [0.05, 0.1) is 0 Å². The summed E-state index contributed by atoms with van der Waals surface area (Å²) < 4.78 is 1.97. The van der Waals surface area contributed by atoms with Crippen molar-refractivity contribution >= 4 is 5.82 Å². The number of nitrogens with zero attached hydrogens (tertiary/aromatic N) is 4. The van der Waals surface area contributed by atoms with E-state index in [1.807, 2.05) is 23.8 Å². The highest BCUT2D eigenvalue weighted by Crippen LogP contribution is 2.22. The molecule has 0 fully saturated rings. The Balaban J connectivity index is 2.55. The Hall–Kier alpha value is -1.91. The zero-order valence-electron chi connectivity index (χ0n) is 12.2. The van der Waals surface area contributed by atoms with Crippen molar-refractivity contribution in [3.8, 4) is 5.82 Å². The molecule has 5 heteroatoms. The molecule has 0 bridgehead atoms. The van der Waals surface area contributed by atoms with Crippen LogP contribution in [0.4, 0.5) is 5.82 Å². The highest BCUT2D eigenvalue weighted by atomic mass is 15.2. The van der Waals surface area contributed by atoms with Gasteiger partial charge in [0.1, 0.15) is 23.3 Å². The molecule has 102 valence electrons. The summed E-state index contributed by atoms with van der Waals surface area (Å²) in [6.07, 6.45) is 3.70. The molecular weight excluding hydrogens is 238 g/mol. The third-order valence-electron chi connectivity index (χ3n) is 2.81. The zero-order valence-corrected chi connectivity index (χ0v) is 12.2. The van der Waals surface area contributed by atoms with Crippen molar-refractivity contribution in [3.05, 3.63) is 30.1 Å². The van der Waals surface area contributed by atoms with Crippen molar-refractivity contribution in [2.24, 2.45) is 0 Å². The Labute approximate surface area is 114 Å². The summed E-state index contributed by atoms with van der Waals surface area (Å²) in [4.78, 5) is 13.5. The van der Waals surface area contributed by atoms with Gasteiger partial charge in [-0.2, -0.15) is 0 Å². The van der Waals surface area contributed by atoms with E-state index >= 15 is 0 Å². The lowest BCUT2D eigenvalue weighted by Gasteiger charge is -2.19. The van der Waals surface area contributed by atoms with Gasteiger partial charge >= 0.3 is 0 Å². The highest BCUT2D eigenvalue weighted by molar-refractivity contribution is 5.43. The van der Waals surface area contributed by atoms with Crippen LogP contribution < -0.4 is 5.32 Å². The van der Waals surface area contributed by atoms with Crippen LogP contribution in [0.15, 0.2) is 18.5 Å². The molecule has 0 spiro atoms. The number of nitrogens with one attached hydrogen (secondary N) is 1. The quantitative estimate of drug-likeness (QED) is 0.920. The monoisotopic (exact) mass is 259 g/mol. The van der Waals surface area contributed by atoms with Gasteiger partial charge in [-0.05, 0) is 13.8 Å². The van der Waals surface area contributed by atoms with Crippen molar-refractivity contribution < 1.29 is 0 Å². The smallest absolute Gasteiger partial charge is 0.143 e. The molecule has 1 N–H and O–H groups in total. The minimum Gasteiger partial charge on any atom is -0.370 e. The molecular formula is C14H21N5. The predicted molar refractivity (Wildman–Crippen MR) is 76.8 cm³/mol. The highest BCUT2D eigenvalue weighted by Gasteiger charge is 2.19. The maximum absolute atomic E-state index is 4.66. The third kappa shape index (κ3) is 2.92. The minimum absolute atomic E-state index is 0.0886. The van der Waals surface area contributed by atoms with Crippen molar-refractivity contribution in [1.29, 1.82) is 0 Å². The predicted octanol–water partition coefficient (Wildman–Crippen LogP) is 2.70. The fourth-order valence-corrected chi connectivity index (χ4v) is 1.79. The average Bonchev–Trinajstić information content (AvgIpc) is 2.74. The second kappa shape index (κ2) is 4.99. The molecule has 5 nitrogen and oxygen atoms in total. The zero-order chi connectivity index (χ0) is 14.0. The van der Waals surface area contributed by atoms with Gasteiger partial charge in [-0.25, -0.2) is 15.0 Å². The number of hydrogen-bond donors (Lipinski definition) is 1. The lowest BCUT2D eigenvalue weighted by molar-refractivity contribution is 0.544. The summed E-state index contributed by atoms with van der Waals surface area (Å²) in [6, 6.07) is 1.95. The Bertz CT molecular complexity index is 565. The van der Waals surface area contributed by atoms with E-state index in [9.17, 15) is 0 Å². The molecule has 2 aromatic heterocycles. The van der Waals surface area contributed by atoms with E-state index in [0.717, 1.165) is 29.8 Å². The van der Waals surface area contributed by atoms with E-state index in [2.05, 4.69) is 48.0 Å². The van der Waals surface area contributed by atoms with E-state index in [-0.39, 0.29) is 5.41 Å². The van der Waals surface area contributed by atoms with Crippen LogP contribution in [0.3, 0.4) is 0 Å². The molecule has 19 heavy (non-hydrogen) atoms. The van der Waals surface area contributed by atoms with Crippen LogP contribution >= 0.6 is 0 Å². The first-order valence-electron chi connectivity index (χ1n) is 6.55. The van der Waals surface area contributed by atoms with Gasteiger partial charge in [0, 0.05) is 30.4 Å². The van der Waals surface area contributed by atoms with Gasteiger partial charge in [-0.3, -0.25) is 4.57 Å². The molecule has 0 aliphatic heterocycles. The fourth-order valence-electron chi connectivity index (χ4n) is 1.79. The second-order valence-corrected chi connectivity index (χ2v) is 5.56. The van der Waals surface area contributed by atoms with Gasteiger partial charge in [-0.1, -0.05) is 20.8 Å². The van der Waals surface area contributed by atoms with Crippen molar-refractivity contribution in [3.63, 3.8) is 0 Å². The molecule has 0 aromatic carbocycles. The van der Waals surface area contributed by atoms with Crippen LogP contribution in [0.25, 0.3) is 5.82 Å². The molecule has 2 heterocycles. The van der Waals surface area contributed by atoms with E-state index in [1.54, 1.807) is 6.20 Å². The first kappa shape index (κ1) is 13.5. The maximum Gasteiger partial charge on any atom is 0.143 e. The summed E-state index contributed by atoms with van der Waals surface area (Å²) in [5.41, 5.74) is -0.0886. The average molecular weight is 259 g/mol. The normalized spacial score (nSPS) is 11.6. The van der Waals surface area contributed by atoms with Crippen LogP contribution in [-0.4, -0.2) is 26.1 Å². The van der Waals surface area contributed by atoms with E-state index in [0.29, 0.717) is 0 Å². The summed E-state index contributed by atoms with van der Waals surface area (Å²) in [5.74, 6) is 3.45. The molecule has 0 aliphatic rings. The molecule has 0 aliphatic carbocycles. The molecule has 0 atom stereocenters. The number of rotatable bonds is 3. The molecule has 0 saturated carbocycles. The number of imidazole rings is 1. The van der Waals surface area contributed by atoms with Crippen molar-refractivity contribution in [2.75, 3.05) is 11.9 Å². The Morgan fingerprint density at radius 3 is 2.53 bits per heavy atom. The van der Waals surface area contributed by atoms with Gasteiger partial charge in [0.25, 0.3) is 0 Å². The number of aromatic nitrogens is 4. The summed E-state index contributed by atoms with van der Waals surface area (Å²) in [5, 5.41) is 3.26. The lowest BCUT2D eigenvalue weighted by atomic mass is 9.96. The molecule has 0 saturated heterocycles. The number of anilines is 1. The topological polar surface area (TPSA) is 55.6 Å². The van der Waals surface area contributed by atoms with E-state index in [1.165, 1.54) is 0 Å². The Kier molecular flexibility index (Phi) is 3.55. The van der Waals surface area contributed by atoms with Gasteiger partial charge in [-0.15, -0.1) is 0 Å². The largest absolute Gasteiger partial charge is 0.370 e. The van der Waals surface area contributed by atoms with Crippen LogP contribution in [0.1, 0.15) is 39.3 Å². The van der Waals surface area contributed by atoms with Gasteiger partial charge < -0.3 is 5.32 Å². The molecule has 2 aromatic rings. The van der Waals surface area contributed by atoms with E-state index in [4.69, 9.17) is 0 Å². The van der Waals surface area contributed by atoms with Crippen molar-refractivity contribution in [2.45, 2.75) is 40.0 Å². The Morgan fingerprint density at radius 1 is 1.26 bits per heavy atom. The van der Waals surface area contributed by atoms with Crippen LogP contribution in [0.5, 0.6) is 0 Å². The lowest BCUT2D eigenvalue weighted by Crippen LogP contribution is -2.19. The third-order valence-corrected chi connectivity index (χ3v) is 2.81. The minimum atomic E-state index is -0.0886. The summed E-state index contributed by atoms with van der Waals surface area (Å²) in [7, 11) is 0. The summed E-state index contributed by atoms with van der Waals surface area (Å²) in [6.45, 7) is 11.2. The Morgan fingerprint density at radius 2 is 2.00 bits per heavy atom. The van der Waals surface area contributed by atoms with Gasteiger partial charge in [0.15, 0.2) is 0 Å². The van der Waals surface area contributed by atoms with Crippen LogP contribution in [0, 0.1) is 6.92 Å². The van der Waals surface area contributed by atoms with Gasteiger partial charge in [0.2, 0.25) is 0 Å². The number of aryl methyl sites for hydroxylation is 1. The van der Waals surface area contributed by atoms with Crippen LogP contribution in [0.2, 0.25) is 0 Å².